The van der Waals surface area contributed by atoms with E-state index >= 15 is 0 Å². The van der Waals surface area contributed by atoms with Crippen LogP contribution in [0.15, 0.2) is 29.2 Å². The Hall–Kier alpha value is -1.00. The normalized spacial score (nSPS) is 18.2. The third-order valence-corrected chi connectivity index (χ3v) is 7.37. The molecule has 0 radical (unpaired) electrons. The summed E-state index contributed by atoms with van der Waals surface area (Å²) < 4.78 is 56.2. The summed E-state index contributed by atoms with van der Waals surface area (Å²) in [5.41, 5.74) is 0.975. The van der Waals surface area contributed by atoms with Gasteiger partial charge in [0, 0.05) is 27.2 Å². The first-order valence-electron chi connectivity index (χ1n) is 7.76. The molecule has 0 bridgehead atoms. The minimum Gasteiger partial charge on any atom is -0.266 e. The highest BCUT2D eigenvalue weighted by molar-refractivity contribution is 7.87. The first-order valence-corrected chi connectivity index (χ1v) is 10.6. The Kier molecular flexibility index (Phi) is 6.03. The van der Waals surface area contributed by atoms with Crippen LogP contribution in [0.2, 0.25) is 0 Å². The van der Waals surface area contributed by atoms with Gasteiger partial charge in [-0.3, -0.25) is 4.18 Å². The van der Waals surface area contributed by atoms with Crippen LogP contribution in [0.5, 0.6) is 0 Å². The van der Waals surface area contributed by atoms with Gasteiger partial charge in [0.1, 0.15) is 0 Å². The minimum absolute atomic E-state index is 0.0267. The van der Waals surface area contributed by atoms with Crippen molar-refractivity contribution < 1.29 is 21.0 Å². The standard InChI is InChI=1S/C15H24N2O5S2/c1-13-4-6-15(7-5-13)23(18,19)22-12-14-8-10-17(11-9-14)24(20,21)16(2)3/h4-7,14H,8-12H2,1-3H3. The zero-order valence-corrected chi connectivity index (χ0v) is 15.8. The topological polar surface area (TPSA) is 84.0 Å². The highest BCUT2D eigenvalue weighted by Gasteiger charge is 2.30. The summed E-state index contributed by atoms with van der Waals surface area (Å²) in [5, 5.41) is 0. The van der Waals surface area contributed by atoms with Crippen molar-refractivity contribution in [3.8, 4) is 0 Å². The van der Waals surface area contributed by atoms with Gasteiger partial charge in [-0.15, -0.1) is 0 Å². The molecule has 1 aromatic carbocycles. The van der Waals surface area contributed by atoms with Gasteiger partial charge in [0.15, 0.2) is 0 Å². The fraction of sp³-hybridized carbons (Fsp3) is 0.600. The second-order valence-corrected chi connectivity index (χ2v) is 9.94. The smallest absolute Gasteiger partial charge is 0.266 e. The summed E-state index contributed by atoms with van der Waals surface area (Å²) in [6, 6.07) is 6.50. The number of hydrogen-bond donors (Lipinski definition) is 0. The van der Waals surface area contributed by atoms with E-state index in [0.29, 0.717) is 25.9 Å². The maximum atomic E-state index is 12.2. The van der Waals surface area contributed by atoms with Crippen molar-refractivity contribution in [1.82, 2.24) is 8.61 Å². The Morgan fingerprint density at radius 3 is 2.12 bits per heavy atom. The largest absolute Gasteiger partial charge is 0.296 e. The van der Waals surface area contributed by atoms with Crippen LogP contribution in [0.25, 0.3) is 0 Å². The van der Waals surface area contributed by atoms with Crippen LogP contribution in [-0.2, 0) is 24.5 Å². The molecule has 0 atom stereocenters. The molecule has 0 spiro atoms. The highest BCUT2D eigenvalue weighted by atomic mass is 32.2. The first kappa shape index (κ1) is 19.3. The average Bonchev–Trinajstić information content (AvgIpc) is 2.53. The maximum absolute atomic E-state index is 12.2. The van der Waals surface area contributed by atoms with Gasteiger partial charge in [0.2, 0.25) is 0 Å². The molecule has 9 heteroatoms. The quantitative estimate of drug-likeness (QED) is 0.697. The van der Waals surface area contributed by atoms with Crippen LogP contribution in [0.1, 0.15) is 18.4 Å². The third-order valence-electron chi connectivity index (χ3n) is 4.13. The molecule has 2 rings (SSSR count). The monoisotopic (exact) mass is 376 g/mol. The molecule has 0 amide bonds. The second kappa shape index (κ2) is 7.49. The summed E-state index contributed by atoms with van der Waals surface area (Å²) in [6.45, 7) is 2.71. The first-order chi connectivity index (χ1) is 11.1. The van der Waals surface area contributed by atoms with Gasteiger partial charge < -0.3 is 0 Å². The fourth-order valence-electron chi connectivity index (χ4n) is 2.50. The predicted octanol–water partition coefficient (Wildman–Crippen LogP) is 1.22. The Bertz CT molecular complexity index is 750. The number of aryl methyl sites for hydroxylation is 1. The zero-order valence-electron chi connectivity index (χ0n) is 14.2. The van der Waals surface area contributed by atoms with Crippen molar-refractivity contribution in [2.24, 2.45) is 5.92 Å². The van der Waals surface area contributed by atoms with Crippen LogP contribution in [0.4, 0.5) is 0 Å². The van der Waals surface area contributed by atoms with Crippen molar-refractivity contribution in [2.45, 2.75) is 24.7 Å². The predicted molar refractivity (Wildman–Crippen MR) is 91.2 cm³/mol. The highest BCUT2D eigenvalue weighted by Crippen LogP contribution is 2.22. The van der Waals surface area contributed by atoms with Crippen molar-refractivity contribution >= 4 is 20.3 Å². The average molecular weight is 377 g/mol. The van der Waals surface area contributed by atoms with E-state index in [4.69, 9.17) is 4.18 Å². The molecule has 1 saturated heterocycles. The van der Waals surface area contributed by atoms with E-state index in [9.17, 15) is 16.8 Å². The Labute approximate surface area is 144 Å². The van der Waals surface area contributed by atoms with Crippen molar-refractivity contribution in [2.75, 3.05) is 33.8 Å². The molecule has 0 N–H and O–H groups in total. The van der Waals surface area contributed by atoms with Gasteiger partial charge in [-0.2, -0.15) is 25.4 Å². The van der Waals surface area contributed by atoms with Crippen LogP contribution in [-0.4, -0.2) is 59.2 Å². The lowest BCUT2D eigenvalue weighted by molar-refractivity contribution is 0.186. The number of hydrogen-bond acceptors (Lipinski definition) is 5. The molecule has 1 aromatic rings. The van der Waals surface area contributed by atoms with Gasteiger partial charge in [0.25, 0.3) is 20.3 Å². The Balaban J connectivity index is 1.90. The molecule has 0 saturated carbocycles. The van der Waals surface area contributed by atoms with E-state index in [1.807, 2.05) is 6.92 Å². The van der Waals surface area contributed by atoms with Crippen molar-refractivity contribution in [3.63, 3.8) is 0 Å². The Morgan fingerprint density at radius 2 is 1.62 bits per heavy atom. The van der Waals surface area contributed by atoms with Crippen LogP contribution >= 0.6 is 0 Å². The lowest BCUT2D eigenvalue weighted by atomic mass is 10.00. The summed E-state index contributed by atoms with van der Waals surface area (Å²) in [4.78, 5) is 0.140. The van der Waals surface area contributed by atoms with E-state index in [-0.39, 0.29) is 17.4 Å². The van der Waals surface area contributed by atoms with E-state index < -0.39 is 20.3 Å². The number of benzene rings is 1. The maximum Gasteiger partial charge on any atom is 0.296 e. The third kappa shape index (κ3) is 4.54. The summed E-state index contributed by atoms with van der Waals surface area (Å²) in [7, 11) is -4.18. The summed E-state index contributed by atoms with van der Waals surface area (Å²) >= 11 is 0. The number of rotatable bonds is 6. The van der Waals surface area contributed by atoms with Gasteiger partial charge in [0.05, 0.1) is 11.5 Å². The molecule has 0 unspecified atom stereocenters. The van der Waals surface area contributed by atoms with E-state index in [1.165, 1.54) is 34.8 Å². The van der Waals surface area contributed by atoms with Crippen LogP contribution < -0.4 is 0 Å². The van der Waals surface area contributed by atoms with Gasteiger partial charge in [-0.1, -0.05) is 17.7 Å². The lowest BCUT2D eigenvalue weighted by Gasteiger charge is -2.32. The number of piperidine rings is 1. The van der Waals surface area contributed by atoms with Crippen LogP contribution in [0.3, 0.4) is 0 Å². The van der Waals surface area contributed by atoms with Crippen molar-refractivity contribution in [3.05, 3.63) is 29.8 Å². The summed E-state index contributed by atoms with van der Waals surface area (Å²) in [6.07, 6.45) is 1.16. The van der Waals surface area contributed by atoms with E-state index in [1.54, 1.807) is 12.1 Å². The molecule has 136 valence electrons. The second-order valence-electron chi connectivity index (χ2n) is 6.18. The molecule has 0 aliphatic carbocycles. The molecule has 1 fully saturated rings. The number of nitrogens with zero attached hydrogens (tertiary/aromatic N) is 2. The van der Waals surface area contributed by atoms with E-state index in [0.717, 1.165) is 5.56 Å². The molecular weight excluding hydrogens is 352 g/mol. The molecule has 1 aliphatic rings. The van der Waals surface area contributed by atoms with Gasteiger partial charge in [-0.25, -0.2) is 0 Å². The Morgan fingerprint density at radius 1 is 1.08 bits per heavy atom. The molecule has 24 heavy (non-hydrogen) atoms. The van der Waals surface area contributed by atoms with Crippen molar-refractivity contribution in [1.29, 1.82) is 0 Å². The minimum atomic E-state index is -3.77. The fourth-order valence-corrected chi connectivity index (χ4v) is 4.61. The van der Waals surface area contributed by atoms with Crippen LogP contribution in [0, 0.1) is 12.8 Å². The SMILES string of the molecule is Cc1ccc(S(=O)(=O)OCC2CCN(S(=O)(=O)N(C)C)CC2)cc1. The molecule has 0 aromatic heterocycles. The molecule has 7 nitrogen and oxygen atoms in total. The molecular formula is C15H24N2O5S2. The van der Waals surface area contributed by atoms with Gasteiger partial charge >= 0.3 is 0 Å². The van der Waals surface area contributed by atoms with E-state index in [2.05, 4.69) is 0 Å². The summed E-state index contributed by atoms with van der Waals surface area (Å²) in [5.74, 6) is 0.0267. The molecule has 1 heterocycles. The zero-order chi connectivity index (χ0) is 18.0. The lowest BCUT2D eigenvalue weighted by Crippen LogP contribution is -2.45. The molecule has 1 aliphatic heterocycles. The van der Waals surface area contributed by atoms with Gasteiger partial charge in [-0.05, 0) is 37.8 Å².